The Hall–Kier alpha value is -0.770. The Morgan fingerprint density at radius 2 is 1.93 bits per heavy atom. The van der Waals surface area contributed by atoms with Crippen molar-refractivity contribution in [1.29, 1.82) is 0 Å². The van der Waals surface area contributed by atoms with Crippen LogP contribution >= 0.6 is 0 Å². The largest absolute Gasteiger partial charge is 0.449 e. The Balaban J connectivity index is 3.79. The van der Waals surface area contributed by atoms with E-state index in [9.17, 15) is 4.79 Å². The van der Waals surface area contributed by atoms with E-state index in [4.69, 9.17) is 9.84 Å². The minimum atomic E-state index is -0.452. The lowest BCUT2D eigenvalue weighted by Crippen LogP contribution is -2.41. The molecule has 4 heteroatoms. The second kappa shape index (κ2) is 6.65. The van der Waals surface area contributed by atoms with Crippen LogP contribution < -0.4 is 5.32 Å². The van der Waals surface area contributed by atoms with Gasteiger partial charge in [0.25, 0.3) is 0 Å². The highest BCUT2D eigenvalue weighted by molar-refractivity contribution is 5.67. The number of hydrogen-bond donors (Lipinski definition) is 2. The maximum atomic E-state index is 11.2. The molecular weight excluding hydrogens is 182 g/mol. The van der Waals surface area contributed by atoms with E-state index in [-0.39, 0.29) is 18.6 Å². The van der Waals surface area contributed by atoms with Crippen molar-refractivity contribution in [3.63, 3.8) is 0 Å². The predicted molar refractivity (Wildman–Crippen MR) is 55.0 cm³/mol. The van der Waals surface area contributed by atoms with E-state index in [0.29, 0.717) is 12.5 Å². The van der Waals surface area contributed by atoms with Crippen LogP contribution in [0.4, 0.5) is 4.79 Å². The molecule has 0 rings (SSSR count). The zero-order valence-electron chi connectivity index (χ0n) is 9.41. The molecule has 2 N–H and O–H groups in total. The van der Waals surface area contributed by atoms with Gasteiger partial charge in [-0.25, -0.2) is 4.79 Å². The molecule has 14 heavy (non-hydrogen) atoms. The third kappa shape index (κ3) is 5.80. The van der Waals surface area contributed by atoms with E-state index < -0.39 is 6.09 Å². The summed E-state index contributed by atoms with van der Waals surface area (Å²) >= 11 is 0. The summed E-state index contributed by atoms with van der Waals surface area (Å²) in [5.74, 6) is 0.527. The molecule has 0 saturated carbocycles. The van der Waals surface area contributed by atoms with E-state index in [0.717, 1.165) is 0 Å². The molecule has 0 spiro atoms. The molecule has 0 bridgehead atoms. The quantitative estimate of drug-likeness (QED) is 0.709. The number of alkyl carbamates (subject to hydrolysis) is 1. The molecule has 0 aliphatic carbocycles. The average Bonchev–Trinajstić information content (AvgIpc) is 2.10. The van der Waals surface area contributed by atoms with Crippen molar-refractivity contribution < 1.29 is 14.6 Å². The number of hydrogen-bond acceptors (Lipinski definition) is 3. The van der Waals surface area contributed by atoms with Crippen LogP contribution in [0.1, 0.15) is 27.7 Å². The number of nitrogens with one attached hydrogen (secondary N) is 1. The van der Waals surface area contributed by atoms with Gasteiger partial charge in [-0.15, -0.1) is 0 Å². The van der Waals surface area contributed by atoms with Crippen LogP contribution in [0.15, 0.2) is 0 Å². The van der Waals surface area contributed by atoms with E-state index in [1.807, 2.05) is 27.7 Å². The van der Waals surface area contributed by atoms with Crippen LogP contribution in [0.5, 0.6) is 0 Å². The lowest BCUT2D eigenvalue weighted by molar-refractivity contribution is 0.118. The Morgan fingerprint density at radius 3 is 2.29 bits per heavy atom. The van der Waals surface area contributed by atoms with Gasteiger partial charge in [0.15, 0.2) is 0 Å². The number of carbonyl (C=O) groups excluding carboxylic acids is 1. The predicted octanol–water partition coefficient (Wildman–Crippen LogP) is 1.39. The first kappa shape index (κ1) is 13.2. The molecule has 0 heterocycles. The van der Waals surface area contributed by atoms with Gasteiger partial charge in [0.1, 0.15) is 0 Å². The summed E-state index contributed by atoms with van der Waals surface area (Å²) in [6.45, 7) is 8.16. The molecule has 0 saturated heterocycles. The summed E-state index contributed by atoms with van der Waals surface area (Å²) in [6, 6.07) is -0.227. The molecule has 4 nitrogen and oxygen atoms in total. The Morgan fingerprint density at radius 1 is 1.36 bits per heavy atom. The number of rotatable bonds is 5. The fourth-order valence-electron chi connectivity index (χ4n) is 0.859. The van der Waals surface area contributed by atoms with Crippen molar-refractivity contribution in [3.8, 4) is 0 Å². The number of ether oxygens (including phenoxy) is 1. The van der Waals surface area contributed by atoms with Crippen molar-refractivity contribution in [3.05, 3.63) is 0 Å². The van der Waals surface area contributed by atoms with E-state index in [1.54, 1.807) is 0 Å². The van der Waals surface area contributed by atoms with Crippen LogP contribution in [-0.2, 0) is 4.74 Å². The highest BCUT2D eigenvalue weighted by Gasteiger charge is 2.15. The van der Waals surface area contributed by atoms with Gasteiger partial charge in [-0.1, -0.05) is 27.7 Å². The topological polar surface area (TPSA) is 58.6 Å². The lowest BCUT2D eigenvalue weighted by Gasteiger charge is -2.19. The van der Waals surface area contributed by atoms with Crippen molar-refractivity contribution in [2.24, 2.45) is 11.8 Å². The van der Waals surface area contributed by atoms with E-state index >= 15 is 0 Å². The molecule has 0 aliphatic rings. The van der Waals surface area contributed by atoms with Crippen molar-refractivity contribution in [2.75, 3.05) is 13.2 Å². The van der Waals surface area contributed by atoms with Gasteiger partial charge in [0.05, 0.1) is 19.3 Å². The molecule has 1 atom stereocenters. The first-order valence-electron chi connectivity index (χ1n) is 5.01. The summed E-state index contributed by atoms with van der Waals surface area (Å²) < 4.78 is 4.92. The highest BCUT2D eigenvalue weighted by Crippen LogP contribution is 2.01. The van der Waals surface area contributed by atoms with Gasteiger partial charge < -0.3 is 15.2 Å². The van der Waals surface area contributed by atoms with Gasteiger partial charge in [-0.2, -0.15) is 0 Å². The number of aliphatic hydroxyl groups excluding tert-OH is 1. The van der Waals surface area contributed by atoms with Crippen LogP contribution in [0.2, 0.25) is 0 Å². The maximum absolute atomic E-state index is 11.2. The minimum Gasteiger partial charge on any atom is -0.449 e. The number of aliphatic hydroxyl groups is 1. The first-order chi connectivity index (χ1) is 6.47. The number of carbonyl (C=O) groups is 1. The Kier molecular flexibility index (Phi) is 6.28. The third-order valence-electron chi connectivity index (χ3n) is 1.85. The third-order valence-corrected chi connectivity index (χ3v) is 1.85. The smallest absolute Gasteiger partial charge is 0.407 e. The molecule has 0 fully saturated rings. The molecule has 1 unspecified atom stereocenters. The second-order valence-electron chi connectivity index (χ2n) is 4.17. The van der Waals surface area contributed by atoms with Crippen LogP contribution in [0.3, 0.4) is 0 Å². The normalized spacial score (nSPS) is 13.1. The van der Waals surface area contributed by atoms with Gasteiger partial charge >= 0.3 is 6.09 Å². The van der Waals surface area contributed by atoms with Crippen molar-refractivity contribution in [2.45, 2.75) is 33.7 Å². The van der Waals surface area contributed by atoms with Gasteiger partial charge in [0.2, 0.25) is 0 Å². The zero-order valence-corrected chi connectivity index (χ0v) is 9.41. The molecule has 0 aromatic carbocycles. The van der Waals surface area contributed by atoms with Crippen molar-refractivity contribution in [1.82, 2.24) is 5.32 Å². The summed E-state index contributed by atoms with van der Waals surface area (Å²) in [6.07, 6.45) is -0.452. The standard InChI is InChI=1S/C10H21NO3/c1-7(2)6-14-10(13)11-9(5-12)8(3)4/h7-9,12H,5-6H2,1-4H3,(H,11,13). The second-order valence-corrected chi connectivity index (χ2v) is 4.17. The molecule has 0 aromatic rings. The van der Waals surface area contributed by atoms with Gasteiger partial charge in [-0.05, 0) is 11.8 Å². The fourth-order valence-corrected chi connectivity index (χ4v) is 0.859. The summed E-state index contributed by atoms with van der Waals surface area (Å²) in [5.41, 5.74) is 0. The maximum Gasteiger partial charge on any atom is 0.407 e. The van der Waals surface area contributed by atoms with E-state index in [2.05, 4.69) is 5.32 Å². The molecule has 0 aliphatic heterocycles. The monoisotopic (exact) mass is 203 g/mol. The zero-order chi connectivity index (χ0) is 11.1. The number of amides is 1. The summed E-state index contributed by atoms with van der Waals surface area (Å²) in [4.78, 5) is 11.2. The first-order valence-corrected chi connectivity index (χ1v) is 5.01. The van der Waals surface area contributed by atoms with Crippen molar-refractivity contribution >= 4 is 6.09 Å². The summed E-state index contributed by atoms with van der Waals surface area (Å²) in [7, 11) is 0. The van der Waals surface area contributed by atoms with E-state index in [1.165, 1.54) is 0 Å². The molecule has 1 amide bonds. The molecule has 84 valence electrons. The highest BCUT2D eigenvalue weighted by atomic mass is 16.5. The average molecular weight is 203 g/mol. The van der Waals surface area contributed by atoms with Crippen LogP contribution in [0.25, 0.3) is 0 Å². The van der Waals surface area contributed by atoms with Crippen LogP contribution in [0, 0.1) is 11.8 Å². The van der Waals surface area contributed by atoms with Crippen LogP contribution in [-0.4, -0.2) is 30.5 Å². The molecular formula is C10H21NO3. The van der Waals surface area contributed by atoms with Gasteiger partial charge in [0, 0.05) is 0 Å². The lowest BCUT2D eigenvalue weighted by atomic mass is 10.1. The fraction of sp³-hybridized carbons (Fsp3) is 0.900. The van der Waals surface area contributed by atoms with Gasteiger partial charge in [-0.3, -0.25) is 0 Å². The molecule has 0 aromatic heterocycles. The summed E-state index contributed by atoms with van der Waals surface area (Å²) in [5, 5.41) is 11.6. The Labute approximate surface area is 85.6 Å². The SMILES string of the molecule is CC(C)COC(=O)NC(CO)C(C)C. The molecule has 0 radical (unpaired) electrons. The Bertz CT molecular complexity index is 169. The minimum absolute atomic E-state index is 0.0611.